The van der Waals surface area contributed by atoms with Gasteiger partial charge >= 0.3 is 0 Å². The van der Waals surface area contributed by atoms with Gasteiger partial charge < -0.3 is 14.9 Å². The van der Waals surface area contributed by atoms with Crippen LogP contribution in [0.2, 0.25) is 0 Å². The average molecular weight is 426 g/mol. The van der Waals surface area contributed by atoms with Crippen LogP contribution in [0.25, 0.3) is 32.7 Å². The van der Waals surface area contributed by atoms with Crippen molar-refractivity contribution in [3.05, 3.63) is 42.6 Å². The van der Waals surface area contributed by atoms with Crippen LogP contribution in [0.5, 0.6) is 0 Å². The molecule has 0 bridgehead atoms. The molecule has 2 N–H and O–H groups in total. The third kappa shape index (κ3) is 3.63. The lowest BCUT2D eigenvalue weighted by molar-refractivity contribution is 0.594. The summed E-state index contributed by atoms with van der Waals surface area (Å²) in [6.07, 6.45) is 7.29. The van der Waals surface area contributed by atoms with E-state index in [0.29, 0.717) is 15.6 Å². The summed E-state index contributed by atoms with van der Waals surface area (Å²) < 4.78 is 15.6. The summed E-state index contributed by atoms with van der Waals surface area (Å²) in [6, 6.07) is 5.90. The second-order valence-corrected chi connectivity index (χ2v) is 9.70. The topological polar surface area (TPSA) is 92.7 Å². The lowest BCUT2D eigenvalue weighted by atomic mass is 10.1. The van der Waals surface area contributed by atoms with Gasteiger partial charge in [0.1, 0.15) is 22.1 Å². The van der Waals surface area contributed by atoms with Crippen molar-refractivity contribution in [3.8, 4) is 22.5 Å². The largest absolute Gasteiger partial charge is 0.611 e. The van der Waals surface area contributed by atoms with Gasteiger partial charge in [-0.05, 0) is 42.7 Å². The zero-order valence-electron chi connectivity index (χ0n) is 16.7. The highest BCUT2D eigenvalue weighted by Gasteiger charge is 2.25. The first kappa shape index (κ1) is 19.9. The molecule has 6 nitrogen and oxygen atoms in total. The van der Waals surface area contributed by atoms with Crippen LogP contribution in [0.1, 0.15) is 25.6 Å². The zero-order chi connectivity index (χ0) is 20.5. The van der Waals surface area contributed by atoms with Crippen molar-refractivity contribution < 1.29 is 4.55 Å². The number of aromatic nitrogens is 4. The molecule has 0 aromatic carbocycles. The quantitative estimate of drug-likeness (QED) is 0.457. The van der Waals surface area contributed by atoms with Gasteiger partial charge in [0.25, 0.3) is 0 Å². The second kappa shape index (κ2) is 8.14. The fourth-order valence-corrected chi connectivity index (χ4v) is 6.05. The number of rotatable bonds is 6. The molecule has 0 aliphatic rings. The molecular weight excluding hydrogens is 402 g/mol. The van der Waals surface area contributed by atoms with Crippen LogP contribution in [0.4, 0.5) is 5.69 Å². The van der Waals surface area contributed by atoms with Crippen molar-refractivity contribution in [3.63, 3.8) is 0 Å². The summed E-state index contributed by atoms with van der Waals surface area (Å²) in [6.45, 7) is 4.06. The molecular formula is C21H23N5OS2. The van der Waals surface area contributed by atoms with Crippen LogP contribution in [-0.4, -0.2) is 29.8 Å². The van der Waals surface area contributed by atoms with Crippen LogP contribution in [0.3, 0.4) is 0 Å². The van der Waals surface area contributed by atoms with Crippen LogP contribution in [0, 0.1) is 6.92 Å². The molecule has 0 aliphatic carbocycles. The van der Waals surface area contributed by atoms with E-state index in [1.807, 2.05) is 42.9 Å². The van der Waals surface area contributed by atoms with Gasteiger partial charge in [-0.1, -0.05) is 24.7 Å². The van der Waals surface area contributed by atoms with E-state index in [0.717, 1.165) is 51.4 Å². The van der Waals surface area contributed by atoms with Gasteiger partial charge in [0.15, 0.2) is 0 Å². The normalized spacial score (nSPS) is 12.6. The molecule has 0 unspecified atom stereocenters. The minimum Gasteiger partial charge on any atom is -0.611 e. The van der Waals surface area contributed by atoms with Crippen molar-refractivity contribution in [2.45, 2.75) is 30.9 Å². The maximum absolute atomic E-state index is 12.9. The molecule has 0 radical (unpaired) electrons. The van der Waals surface area contributed by atoms with Crippen LogP contribution >= 0.6 is 11.3 Å². The third-order valence-corrected chi connectivity index (χ3v) is 8.00. The van der Waals surface area contributed by atoms with E-state index in [2.05, 4.69) is 16.9 Å². The molecule has 8 heteroatoms. The van der Waals surface area contributed by atoms with Crippen molar-refractivity contribution >= 4 is 38.4 Å². The van der Waals surface area contributed by atoms with E-state index < -0.39 is 11.2 Å². The van der Waals surface area contributed by atoms with Crippen molar-refractivity contribution in [1.29, 1.82) is 0 Å². The summed E-state index contributed by atoms with van der Waals surface area (Å²) in [5.41, 5.74) is 10.7. The number of hydrogen-bond donors (Lipinski definition) is 1. The molecule has 4 heterocycles. The summed E-state index contributed by atoms with van der Waals surface area (Å²) in [7, 11) is 1.98. The Morgan fingerprint density at radius 1 is 1.31 bits per heavy atom. The van der Waals surface area contributed by atoms with Gasteiger partial charge in [-0.15, -0.1) is 0 Å². The first-order chi connectivity index (χ1) is 14.0. The molecule has 29 heavy (non-hydrogen) atoms. The molecule has 0 spiro atoms. The minimum atomic E-state index is -1.12. The number of thiophene rings is 1. The first-order valence-electron chi connectivity index (χ1n) is 9.51. The zero-order valence-corrected chi connectivity index (χ0v) is 18.3. The fraction of sp³-hybridized carbons (Fsp3) is 0.286. The molecule has 0 saturated carbocycles. The van der Waals surface area contributed by atoms with E-state index in [4.69, 9.17) is 10.7 Å². The lowest BCUT2D eigenvalue weighted by Gasteiger charge is -2.10. The third-order valence-electron chi connectivity index (χ3n) is 5.01. The first-order valence-corrected chi connectivity index (χ1v) is 11.6. The molecule has 0 amide bonds. The van der Waals surface area contributed by atoms with Crippen molar-refractivity contribution in [2.24, 2.45) is 7.05 Å². The summed E-state index contributed by atoms with van der Waals surface area (Å²) in [5, 5.41) is 0.852. The van der Waals surface area contributed by atoms with Gasteiger partial charge in [-0.2, -0.15) is 0 Å². The number of fused-ring (bicyclic) bond motifs is 1. The molecule has 4 rings (SSSR count). The number of aryl methyl sites for hydroxylation is 1. The number of anilines is 1. The maximum atomic E-state index is 12.9. The molecule has 4 aromatic rings. The number of hydrogen-bond acceptors (Lipinski definition) is 6. The minimum absolute atomic E-state index is 0.568. The molecule has 4 aromatic heterocycles. The molecule has 150 valence electrons. The number of unbranched alkanes of at least 4 members (excludes halogenated alkanes) is 1. The van der Waals surface area contributed by atoms with Crippen molar-refractivity contribution in [1.82, 2.24) is 19.5 Å². The maximum Gasteiger partial charge on any atom is 0.232 e. The summed E-state index contributed by atoms with van der Waals surface area (Å²) >= 11 is 0.302. The Bertz CT molecular complexity index is 1150. The number of imidazole rings is 1. The highest BCUT2D eigenvalue weighted by atomic mass is 32.2. The number of pyridine rings is 2. The van der Waals surface area contributed by atoms with Gasteiger partial charge in [0.2, 0.25) is 4.21 Å². The van der Waals surface area contributed by atoms with Gasteiger partial charge in [0, 0.05) is 36.0 Å². The Kier molecular flexibility index (Phi) is 5.58. The van der Waals surface area contributed by atoms with Crippen molar-refractivity contribution in [2.75, 3.05) is 11.5 Å². The Morgan fingerprint density at radius 3 is 2.79 bits per heavy atom. The molecule has 0 saturated heterocycles. The van der Waals surface area contributed by atoms with Crippen LogP contribution < -0.4 is 5.73 Å². The molecule has 0 fully saturated rings. The van der Waals surface area contributed by atoms with Gasteiger partial charge in [-0.25, -0.2) is 9.97 Å². The summed E-state index contributed by atoms with van der Waals surface area (Å²) in [4.78, 5) is 14.3. The molecule has 1 atom stereocenters. The van der Waals surface area contributed by atoms with E-state index in [9.17, 15) is 4.55 Å². The molecule has 0 aliphatic heterocycles. The number of nitrogens with zero attached hydrogens (tertiary/aromatic N) is 4. The highest BCUT2D eigenvalue weighted by molar-refractivity contribution is 7.93. The predicted octanol–water partition coefficient (Wildman–Crippen LogP) is 4.56. The standard InChI is InChI=1S/C21H23N5OS2/c1-4-5-9-29(27)21-19(22)18-15(17-12-24-13(2)26(17)3)10-16(25-20(18)28-21)14-7-6-8-23-11-14/h6-8,10-12H,4-5,9,22H2,1-3H3/t29-/m0/s1. The summed E-state index contributed by atoms with van der Waals surface area (Å²) in [5.74, 6) is 1.52. The van der Waals surface area contributed by atoms with E-state index in [1.165, 1.54) is 11.3 Å². The predicted molar refractivity (Wildman–Crippen MR) is 120 cm³/mol. The van der Waals surface area contributed by atoms with E-state index in [-0.39, 0.29) is 0 Å². The average Bonchev–Trinajstić information content (AvgIpc) is 3.25. The van der Waals surface area contributed by atoms with Gasteiger partial charge in [0.05, 0.1) is 17.6 Å². The van der Waals surface area contributed by atoms with E-state index >= 15 is 0 Å². The SMILES string of the molecule is CCCC[S@+]([O-])c1sc2nc(-c3cccnc3)cc(-c3cnc(C)n3C)c2c1N. The van der Waals surface area contributed by atoms with Gasteiger partial charge in [-0.3, -0.25) is 4.98 Å². The lowest BCUT2D eigenvalue weighted by Crippen LogP contribution is -2.07. The second-order valence-electron chi connectivity index (χ2n) is 6.93. The number of nitrogens with two attached hydrogens (primary N) is 1. The van der Waals surface area contributed by atoms with E-state index in [1.54, 1.807) is 12.4 Å². The fourth-order valence-electron chi connectivity index (χ4n) is 3.25. The monoisotopic (exact) mass is 425 g/mol. The Labute approximate surface area is 177 Å². The van der Waals surface area contributed by atoms with Crippen LogP contribution in [0.15, 0.2) is 41.0 Å². The Hall–Kier alpha value is -2.42. The number of nitrogen functional groups attached to an aromatic ring is 1. The smallest absolute Gasteiger partial charge is 0.232 e. The Morgan fingerprint density at radius 2 is 2.14 bits per heavy atom. The highest BCUT2D eigenvalue weighted by Crippen LogP contribution is 2.43. The van der Waals surface area contributed by atoms with Crippen LogP contribution in [-0.2, 0) is 18.2 Å². The Balaban J connectivity index is 1.97.